The Morgan fingerprint density at radius 3 is 2.53 bits per heavy atom. The maximum Gasteiger partial charge on any atom is 0.505 e. The molecule has 9 heteroatoms. The number of nitrogens with one attached hydrogen (secondary N) is 1. The Kier molecular flexibility index (Phi) is 4.87. The van der Waals surface area contributed by atoms with Crippen molar-refractivity contribution in [2.45, 2.75) is 70.7 Å². The summed E-state index contributed by atoms with van der Waals surface area (Å²) in [5.41, 5.74) is -0.515. The molecule has 3 aliphatic heterocycles. The molecule has 0 saturated carbocycles. The van der Waals surface area contributed by atoms with E-state index in [0.717, 1.165) is 30.8 Å². The molecule has 2 N–H and O–H groups in total. The second kappa shape index (κ2) is 6.83. The van der Waals surface area contributed by atoms with Gasteiger partial charge in [-0.2, -0.15) is 0 Å². The van der Waals surface area contributed by atoms with Crippen LogP contribution in [0.3, 0.4) is 0 Å². The van der Waals surface area contributed by atoms with E-state index in [-0.39, 0.29) is 17.6 Å². The van der Waals surface area contributed by atoms with Crippen molar-refractivity contribution in [1.29, 1.82) is 0 Å². The molecule has 0 aliphatic carbocycles. The molecule has 30 heavy (non-hydrogen) atoms. The molecule has 4 heterocycles. The van der Waals surface area contributed by atoms with E-state index in [1.165, 1.54) is 0 Å². The first-order valence-electron chi connectivity index (χ1n) is 10.6. The highest BCUT2D eigenvalue weighted by Crippen LogP contribution is 2.52. The van der Waals surface area contributed by atoms with Crippen LogP contribution in [-0.2, 0) is 14.0 Å². The predicted octanol–water partition coefficient (Wildman–Crippen LogP) is 2.02. The molecule has 1 aromatic rings. The quantitative estimate of drug-likeness (QED) is 0.556. The van der Waals surface area contributed by atoms with Gasteiger partial charge in [-0.05, 0) is 40.2 Å². The number of piperidine rings is 1. The van der Waals surface area contributed by atoms with Gasteiger partial charge in [0, 0.05) is 36.2 Å². The first-order chi connectivity index (χ1) is 13.9. The lowest BCUT2D eigenvalue weighted by atomic mass is 9.60. The zero-order valence-corrected chi connectivity index (χ0v) is 18.7. The Morgan fingerprint density at radius 1 is 1.33 bits per heavy atom. The van der Waals surface area contributed by atoms with E-state index in [9.17, 15) is 4.79 Å². The van der Waals surface area contributed by atoms with Gasteiger partial charge in [-0.15, -0.1) is 0 Å². The fraction of sp³-hybridized carbons (Fsp3) is 0.714. The molecule has 1 aromatic heterocycles. The van der Waals surface area contributed by atoms with Crippen LogP contribution in [0.5, 0.6) is 0 Å². The number of pyridine rings is 1. The van der Waals surface area contributed by atoms with E-state index in [4.69, 9.17) is 24.1 Å². The molecule has 3 saturated heterocycles. The van der Waals surface area contributed by atoms with Crippen molar-refractivity contribution in [3.8, 4) is 0 Å². The molecule has 0 aromatic carbocycles. The monoisotopic (exact) mass is 417 g/mol. The minimum absolute atomic E-state index is 0.138. The summed E-state index contributed by atoms with van der Waals surface area (Å²) in [4.78, 5) is 18.1. The lowest BCUT2D eigenvalue weighted by Crippen LogP contribution is -2.82. The number of carbonyl (C=O) groups is 1. The molecule has 2 atom stereocenters. The molecule has 2 bridgehead atoms. The van der Waals surface area contributed by atoms with Crippen molar-refractivity contribution in [3.63, 3.8) is 0 Å². The van der Waals surface area contributed by atoms with Gasteiger partial charge in [0.2, 0.25) is 0 Å². The number of aromatic nitrogens is 1. The predicted molar refractivity (Wildman–Crippen MR) is 114 cm³/mol. The Hall–Kier alpha value is -1.84. The molecule has 0 spiro atoms. The number of nitrogens with zero attached hydrogens (tertiary/aromatic N) is 2. The van der Waals surface area contributed by atoms with Crippen molar-refractivity contribution in [1.82, 2.24) is 10.3 Å². The van der Waals surface area contributed by atoms with Gasteiger partial charge in [0.05, 0.1) is 16.7 Å². The summed E-state index contributed by atoms with van der Waals surface area (Å²) in [6.07, 6.45) is 1.57. The van der Waals surface area contributed by atoms with Crippen molar-refractivity contribution in [3.05, 3.63) is 18.3 Å². The summed E-state index contributed by atoms with van der Waals surface area (Å²) in [6.45, 7) is 14.1. The zero-order chi connectivity index (χ0) is 21.9. The van der Waals surface area contributed by atoms with Crippen molar-refractivity contribution in [2.24, 2.45) is 5.41 Å². The van der Waals surface area contributed by atoms with Crippen LogP contribution < -0.4 is 15.7 Å². The zero-order valence-electron chi connectivity index (χ0n) is 18.7. The Morgan fingerprint density at radius 2 is 2.00 bits per heavy atom. The third kappa shape index (κ3) is 3.18. The molecule has 2 unspecified atom stereocenters. The van der Waals surface area contributed by atoms with Gasteiger partial charge in [-0.3, -0.25) is 0 Å². The Balaban J connectivity index is 1.56. The Bertz CT molecular complexity index is 808. The number of rotatable bonds is 5. The van der Waals surface area contributed by atoms with Gasteiger partial charge in [-0.1, -0.05) is 19.9 Å². The van der Waals surface area contributed by atoms with Crippen LogP contribution in [0.4, 0.5) is 10.6 Å². The lowest BCUT2D eigenvalue weighted by molar-refractivity contribution is -0.0269. The topological polar surface area (TPSA) is 93.2 Å². The average molecular weight is 417 g/mol. The van der Waals surface area contributed by atoms with Gasteiger partial charge < -0.3 is 29.4 Å². The fourth-order valence-electron chi connectivity index (χ4n) is 4.87. The van der Waals surface area contributed by atoms with Crippen LogP contribution in [0.2, 0.25) is 0 Å². The number of piperazine rings is 1. The smallest absolute Gasteiger partial charge is 0.450 e. The van der Waals surface area contributed by atoms with E-state index in [1.54, 1.807) is 0 Å². The number of hydrogen-bond acceptors (Lipinski definition) is 7. The first kappa shape index (κ1) is 21.4. The summed E-state index contributed by atoms with van der Waals surface area (Å²) >= 11 is 0. The SMILES string of the molecule is CC(C)(COC(=O)O)C12CNCC(C1)N2c1ccc(B2OC(C)(C)C(C)(C)O2)cn1. The lowest BCUT2D eigenvalue weighted by Gasteiger charge is -2.68. The largest absolute Gasteiger partial charge is 0.505 e. The van der Waals surface area contributed by atoms with Crippen LogP contribution in [0, 0.1) is 5.41 Å². The van der Waals surface area contributed by atoms with Crippen molar-refractivity contribution < 1.29 is 23.9 Å². The van der Waals surface area contributed by atoms with E-state index in [0.29, 0.717) is 6.04 Å². The van der Waals surface area contributed by atoms with E-state index in [1.807, 2.05) is 46.0 Å². The maximum atomic E-state index is 11.0. The summed E-state index contributed by atoms with van der Waals surface area (Å²) < 4.78 is 17.2. The molecule has 0 radical (unpaired) electrons. The van der Waals surface area contributed by atoms with E-state index >= 15 is 0 Å². The fourth-order valence-corrected chi connectivity index (χ4v) is 4.87. The van der Waals surface area contributed by atoms with E-state index < -0.39 is 24.5 Å². The minimum atomic E-state index is -1.24. The highest BCUT2D eigenvalue weighted by atomic mass is 16.7. The average Bonchev–Trinajstić information content (AvgIpc) is 2.88. The third-order valence-corrected chi connectivity index (χ3v) is 7.56. The summed E-state index contributed by atoms with van der Waals surface area (Å²) in [7, 11) is -0.441. The molecule has 0 amide bonds. The highest BCUT2D eigenvalue weighted by molar-refractivity contribution is 6.62. The van der Waals surface area contributed by atoms with Gasteiger partial charge >= 0.3 is 13.3 Å². The van der Waals surface area contributed by atoms with E-state index in [2.05, 4.69) is 24.1 Å². The molecule has 164 valence electrons. The molecular weight excluding hydrogens is 385 g/mol. The molecule has 3 fully saturated rings. The summed E-state index contributed by atoms with van der Waals surface area (Å²) in [6, 6.07) is 4.36. The standard InChI is InChI=1S/C21H32BN3O5/c1-18(2,13-28-17(26)27)21-9-15(11-23-12-21)25(21)16-8-7-14(10-24-16)22-29-19(3,4)20(5,6)30-22/h7-8,10,15,23H,9,11-13H2,1-6H3,(H,26,27). The molecular formula is C21H32BN3O5. The van der Waals surface area contributed by atoms with Crippen LogP contribution in [0.15, 0.2) is 18.3 Å². The van der Waals surface area contributed by atoms with Crippen LogP contribution in [0.25, 0.3) is 0 Å². The van der Waals surface area contributed by atoms with Crippen LogP contribution in [0.1, 0.15) is 48.0 Å². The number of carboxylic acid groups (broad SMARTS) is 1. The van der Waals surface area contributed by atoms with Crippen molar-refractivity contribution in [2.75, 3.05) is 24.6 Å². The Labute approximate surface area is 178 Å². The van der Waals surface area contributed by atoms with Gasteiger partial charge in [0.25, 0.3) is 0 Å². The van der Waals surface area contributed by atoms with Crippen LogP contribution >= 0.6 is 0 Å². The van der Waals surface area contributed by atoms with Gasteiger partial charge in [0.1, 0.15) is 12.4 Å². The molecule has 3 aliphatic rings. The normalized spacial score (nSPS) is 29.5. The third-order valence-electron chi connectivity index (χ3n) is 7.56. The van der Waals surface area contributed by atoms with Crippen molar-refractivity contribution >= 4 is 24.6 Å². The van der Waals surface area contributed by atoms with Crippen LogP contribution in [-0.4, -0.2) is 65.8 Å². The minimum Gasteiger partial charge on any atom is -0.450 e. The summed E-state index contributed by atoms with van der Waals surface area (Å²) in [5, 5.41) is 12.5. The highest BCUT2D eigenvalue weighted by Gasteiger charge is 2.62. The first-order valence-corrected chi connectivity index (χ1v) is 10.6. The number of fused-ring (bicyclic) bond motifs is 2. The van der Waals surface area contributed by atoms with Gasteiger partial charge in [-0.25, -0.2) is 9.78 Å². The van der Waals surface area contributed by atoms with Gasteiger partial charge in [0.15, 0.2) is 0 Å². The molecule has 8 nitrogen and oxygen atoms in total. The molecule has 4 rings (SSSR count). The number of ether oxygens (including phenoxy) is 1. The summed E-state index contributed by atoms with van der Waals surface area (Å²) in [5.74, 6) is 0.886. The number of anilines is 1. The second-order valence-electron chi connectivity index (χ2n) is 10.4. The second-order valence-corrected chi connectivity index (χ2v) is 10.4. The number of hydrogen-bond donors (Lipinski definition) is 2. The maximum absolute atomic E-state index is 11.0.